The van der Waals surface area contributed by atoms with E-state index in [0.29, 0.717) is 23.7 Å². The summed E-state index contributed by atoms with van der Waals surface area (Å²) in [6.45, 7) is 4.70. The Kier molecular flexibility index (Phi) is 5.81. The summed E-state index contributed by atoms with van der Waals surface area (Å²) in [4.78, 5) is 25.4. The minimum absolute atomic E-state index is 0.0961. The van der Waals surface area contributed by atoms with Crippen molar-refractivity contribution in [2.45, 2.75) is 20.3 Å². The minimum atomic E-state index is -0.490. The highest BCUT2D eigenvalue weighted by Gasteiger charge is 2.22. The van der Waals surface area contributed by atoms with Crippen molar-refractivity contribution < 1.29 is 4.79 Å². The number of nitrogens with one attached hydrogen (secondary N) is 2. The van der Waals surface area contributed by atoms with Crippen LogP contribution in [0.25, 0.3) is 22.4 Å². The Bertz CT molecular complexity index is 964. The van der Waals surface area contributed by atoms with Gasteiger partial charge < -0.3 is 5.32 Å². The van der Waals surface area contributed by atoms with E-state index in [0.717, 1.165) is 17.5 Å². The second kappa shape index (κ2) is 8.45. The molecule has 0 aliphatic carbocycles. The maximum atomic E-state index is 12.9. The third-order valence-corrected chi connectivity index (χ3v) is 4.33. The summed E-state index contributed by atoms with van der Waals surface area (Å²) in [5.41, 5.74) is 2.35. The van der Waals surface area contributed by atoms with Gasteiger partial charge in [-0.15, -0.1) is 0 Å². The van der Waals surface area contributed by atoms with Gasteiger partial charge in [0.25, 0.3) is 11.5 Å². The van der Waals surface area contributed by atoms with Crippen LogP contribution in [0.1, 0.15) is 30.6 Å². The number of carbonyl (C=O) groups excluding carboxylic acids is 1. The van der Waals surface area contributed by atoms with E-state index in [4.69, 9.17) is 0 Å². The minimum Gasteiger partial charge on any atom is -0.352 e. The second-order valence-electron chi connectivity index (χ2n) is 6.82. The first-order valence-electron chi connectivity index (χ1n) is 9.09. The van der Waals surface area contributed by atoms with Crippen molar-refractivity contribution in [3.63, 3.8) is 0 Å². The standard InChI is InChI=1S/C22H23N3O2/c1-15(2)13-14-23-21(26)19-18(16-9-5-3-6-10-16)20(24-25-22(19)27)17-11-7-4-8-12-17/h3-12,15H,13-14H2,1-2H3,(H,23,26)(H,25,27). The summed E-state index contributed by atoms with van der Waals surface area (Å²) < 4.78 is 0. The summed E-state index contributed by atoms with van der Waals surface area (Å²) in [7, 11) is 0. The van der Waals surface area contributed by atoms with Crippen LogP contribution in [0.3, 0.4) is 0 Å². The topological polar surface area (TPSA) is 74.8 Å². The molecule has 0 bridgehead atoms. The zero-order chi connectivity index (χ0) is 19.2. The normalized spacial score (nSPS) is 10.8. The van der Waals surface area contributed by atoms with Crippen LogP contribution in [0.15, 0.2) is 65.5 Å². The highest BCUT2D eigenvalue weighted by atomic mass is 16.2. The van der Waals surface area contributed by atoms with E-state index < -0.39 is 5.56 Å². The predicted molar refractivity (Wildman–Crippen MR) is 108 cm³/mol. The van der Waals surface area contributed by atoms with Gasteiger partial charge >= 0.3 is 0 Å². The molecule has 0 aliphatic heterocycles. The number of rotatable bonds is 6. The van der Waals surface area contributed by atoms with Gasteiger partial charge in [0.05, 0.1) is 5.69 Å². The monoisotopic (exact) mass is 361 g/mol. The fourth-order valence-electron chi connectivity index (χ4n) is 2.92. The number of hydrogen-bond donors (Lipinski definition) is 2. The Morgan fingerprint density at radius 3 is 2.19 bits per heavy atom. The molecule has 0 saturated heterocycles. The summed E-state index contributed by atoms with van der Waals surface area (Å²) in [5.74, 6) is 0.0878. The maximum absolute atomic E-state index is 12.9. The average Bonchev–Trinajstić information content (AvgIpc) is 2.68. The number of H-pyrrole nitrogens is 1. The van der Waals surface area contributed by atoms with Gasteiger partial charge in [-0.3, -0.25) is 9.59 Å². The lowest BCUT2D eigenvalue weighted by molar-refractivity contribution is 0.0951. The Morgan fingerprint density at radius 2 is 1.59 bits per heavy atom. The quantitative estimate of drug-likeness (QED) is 0.700. The molecule has 0 saturated carbocycles. The lowest BCUT2D eigenvalue weighted by Gasteiger charge is -2.14. The number of nitrogens with zero attached hydrogens (tertiary/aromatic N) is 1. The van der Waals surface area contributed by atoms with E-state index in [1.54, 1.807) is 0 Å². The van der Waals surface area contributed by atoms with E-state index in [9.17, 15) is 9.59 Å². The highest BCUT2D eigenvalue weighted by Crippen LogP contribution is 2.31. The van der Waals surface area contributed by atoms with Crippen molar-refractivity contribution >= 4 is 5.91 Å². The molecule has 0 spiro atoms. The number of benzene rings is 2. The number of amides is 1. The van der Waals surface area contributed by atoms with Gasteiger partial charge in [-0.05, 0) is 17.9 Å². The van der Waals surface area contributed by atoms with Crippen LogP contribution >= 0.6 is 0 Å². The van der Waals surface area contributed by atoms with Crippen molar-refractivity contribution in [1.29, 1.82) is 0 Å². The van der Waals surface area contributed by atoms with Crippen LogP contribution in [0.4, 0.5) is 0 Å². The molecule has 2 aromatic carbocycles. The van der Waals surface area contributed by atoms with Crippen LogP contribution < -0.4 is 10.9 Å². The molecule has 3 rings (SSSR count). The number of carbonyl (C=O) groups is 1. The molecule has 1 aromatic heterocycles. The fourth-order valence-corrected chi connectivity index (χ4v) is 2.92. The first kappa shape index (κ1) is 18.6. The summed E-state index contributed by atoms with van der Waals surface area (Å²) in [6, 6.07) is 19.0. The Morgan fingerprint density at radius 1 is 1.00 bits per heavy atom. The Labute approximate surface area is 158 Å². The lowest BCUT2D eigenvalue weighted by Crippen LogP contribution is -2.32. The van der Waals surface area contributed by atoms with Gasteiger partial charge in [-0.25, -0.2) is 5.10 Å². The van der Waals surface area contributed by atoms with Gasteiger partial charge in [-0.2, -0.15) is 5.10 Å². The second-order valence-corrected chi connectivity index (χ2v) is 6.82. The van der Waals surface area contributed by atoms with Gasteiger partial charge in [0.1, 0.15) is 5.56 Å². The fraction of sp³-hybridized carbons (Fsp3) is 0.227. The largest absolute Gasteiger partial charge is 0.352 e. The van der Waals surface area contributed by atoms with Gasteiger partial charge in [-0.1, -0.05) is 74.5 Å². The molecule has 0 unspecified atom stereocenters. The first-order valence-corrected chi connectivity index (χ1v) is 9.09. The van der Waals surface area contributed by atoms with Crippen molar-refractivity contribution in [3.8, 4) is 22.4 Å². The Hall–Kier alpha value is -3.21. The molecular weight excluding hydrogens is 338 g/mol. The number of hydrogen-bond acceptors (Lipinski definition) is 3. The smallest absolute Gasteiger partial charge is 0.277 e. The molecule has 27 heavy (non-hydrogen) atoms. The molecule has 5 nitrogen and oxygen atoms in total. The SMILES string of the molecule is CC(C)CCNC(=O)c1c(-c2ccccc2)c(-c2ccccc2)n[nH]c1=O. The third-order valence-electron chi connectivity index (χ3n) is 4.33. The zero-order valence-corrected chi connectivity index (χ0v) is 15.5. The van der Waals surface area contributed by atoms with Crippen molar-refractivity contribution in [2.24, 2.45) is 5.92 Å². The average molecular weight is 361 g/mol. The molecule has 138 valence electrons. The van der Waals surface area contributed by atoms with Gasteiger partial charge in [0.2, 0.25) is 0 Å². The summed E-state index contributed by atoms with van der Waals surface area (Å²) >= 11 is 0. The molecule has 0 atom stereocenters. The summed E-state index contributed by atoms with van der Waals surface area (Å²) in [6.07, 6.45) is 0.848. The third kappa shape index (κ3) is 4.31. The number of aromatic nitrogens is 2. The van der Waals surface area contributed by atoms with Crippen molar-refractivity contribution in [3.05, 3.63) is 76.6 Å². The molecular formula is C22H23N3O2. The van der Waals surface area contributed by atoms with E-state index in [1.165, 1.54) is 0 Å². The van der Waals surface area contributed by atoms with Crippen LogP contribution in [-0.2, 0) is 0 Å². The molecule has 0 radical (unpaired) electrons. The van der Waals surface area contributed by atoms with Gasteiger partial charge in [0, 0.05) is 17.7 Å². The van der Waals surface area contributed by atoms with Gasteiger partial charge in [0.15, 0.2) is 0 Å². The first-order chi connectivity index (χ1) is 13.1. The maximum Gasteiger partial charge on any atom is 0.277 e. The van der Waals surface area contributed by atoms with E-state index in [-0.39, 0.29) is 11.5 Å². The van der Waals surface area contributed by atoms with Crippen molar-refractivity contribution in [1.82, 2.24) is 15.5 Å². The molecule has 5 heteroatoms. The van der Waals surface area contributed by atoms with Crippen LogP contribution in [0.5, 0.6) is 0 Å². The van der Waals surface area contributed by atoms with E-state index in [1.807, 2.05) is 60.7 Å². The van der Waals surface area contributed by atoms with E-state index >= 15 is 0 Å². The predicted octanol–water partition coefficient (Wildman–Crippen LogP) is 3.88. The molecule has 0 aliphatic rings. The molecule has 2 N–H and O–H groups in total. The highest BCUT2D eigenvalue weighted by molar-refractivity contribution is 6.03. The lowest BCUT2D eigenvalue weighted by atomic mass is 9.95. The molecule has 1 amide bonds. The van der Waals surface area contributed by atoms with Crippen LogP contribution in [-0.4, -0.2) is 22.6 Å². The van der Waals surface area contributed by atoms with Crippen LogP contribution in [0.2, 0.25) is 0 Å². The zero-order valence-electron chi connectivity index (χ0n) is 15.5. The van der Waals surface area contributed by atoms with Crippen LogP contribution in [0, 0.1) is 5.92 Å². The summed E-state index contributed by atoms with van der Waals surface area (Å²) in [5, 5.41) is 9.62. The molecule has 0 fully saturated rings. The van der Waals surface area contributed by atoms with Crippen molar-refractivity contribution in [2.75, 3.05) is 6.54 Å². The molecule has 1 heterocycles. The van der Waals surface area contributed by atoms with E-state index in [2.05, 4.69) is 29.4 Å². The number of aromatic amines is 1. The molecule has 3 aromatic rings. The Balaban J connectivity index is 2.14.